The maximum absolute atomic E-state index is 12.1. The topological polar surface area (TPSA) is 60.0 Å². The van der Waals surface area contributed by atoms with Gasteiger partial charge in [0.25, 0.3) is 0 Å². The molecule has 1 N–H and O–H groups in total. The van der Waals surface area contributed by atoms with Gasteiger partial charge in [0.1, 0.15) is 11.5 Å². The molecular formula is C20H30N2O4. The Kier molecular flexibility index (Phi) is 7.94. The van der Waals surface area contributed by atoms with Gasteiger partial charge in [-0.2, -0.15) is 0 Å². The van der Waals surface area contributed by atoms with Gasteiger partial charge in [-0.15, -0.1) is 0 Å². The quantitative estimate of drug-likeness (QED) is 0.719. The zero-order chi connectivity index (χ0) is 18.9. The van der Waals surface area contributed by atoms with E-state index in [0.29, 0.717) is 30.6 Å². The number of carbonyl (C=O) groups excluding carboxylic acids is 1. The number of rotatable bonds is 8. The maximum Gasteiger partial charge on any atom is 0.244 e. The molecule has 1 aliphatic heterocycles. The number of methoxy groups -OCH3 is 2. The second-order valence-corrected chi connectivity index (χ2v) is 6.83. The van der Waals surface area contributed by atoms with Crippen molar-refractivity contribution in [3.8, 4) is 11.5 Å². The molecule has 1 heterocycles. The van der Waals surface area contributed by atoms with Crippen molar-refractivity contribution in [1.29, 1.82) is 0 Å². The molecule has 144 valence electrons. The van der Waals surface area contributed by atoms with Crippen molar-refractivity contribution in [2.45, 2.75) is 20.0 Å². The first kappa shape index (κ1) is 20.3. The smallest absolute Gasteiger partial charge is 0.244 e. The van der Waals surface area contributed by atoms with Gasteiger partial charge in [-0.25, -0.2) is 0 Å². The molecule has 1 aromatic carbocycles. The predicted molar refractivity (Wildman–Crippen MR) is 103 cm³/mol. The molecular weight excluding hydrogens is 332 g/mol. The molecule has 2 rings (SSSR count). The fourth-order valence-corrected chi connectivity index (χ4v) is 2.98. The average molecular weight is 362 g/mol. The SMILES string of the molecule is COc1ccc(/C=C/C(=O)NCC2CN(CC(C)C)CCO2)c(OC)c1. The largest absolute Gasteiger partial charge is 0.497 e. The van der Waals surface area contributed by atoms with E-state index in [9.17, 15) is 4.79 Å². The van der Waals surface area contributed by atoms with E-state index in [1.165, 1.54) is 6.08 Å². The zero-order valence-electron chi connectivity index (χ0n) is 16.2. The summed E-state index contributed by atoms with van der Waals surface area (Å²) in [5, 5.41) is 2.91. The second kappa shape index (κ2) is 10.2. The molecule has 0 radical (unpaired) electrons. The number of nitrogens with zero attached hydrogens (tertiary/aromatic N) is 1. The number of morpholine rings is 1. The second-order valence-electron chi connectivity index (χ2n) is 6.83. The Labute approximate surface area is 156 Å². The lowest BCUT2D eigenvalue weighted by atomic mass is 10.1. The lowest BCUT2D eigenvalue weighted by Crippen LogP contribution is -2.48. The highest BCUT2D eigenvalue weighted by Crippen LogP contribution is 2.25. The van der Waals surface area contributed by atoms with Crippen molar-refractivity contribution >= 4 is 12.0 Å². The van der Waals surface area contributed by atoms with Crippen LogP contribution in [0.2, 0.25) is 0 Å². The van der Waals surface area contributed by atoms with Gasteiger partial charge in [0.2, 0.25) is 5.91 Å². The number of benzene rings is 1. The van der Waals surface area contributed by atoms with Gasteiger partial charge >= 0.3 is 0 Å². The van der Waals surface area contributed by atoms with E-state index in [1.807, 2.05) is 12.1 Å². The first-order valence-electron chi connectivity index (χ1n) is 9.03. The maximum atomic E-state index is 12.1. The first-order chi connectivity index (χ1) is 12.5. The van der Waals surface area contributed by atoms with Gasteiger partial charge in [-0.1, -0.05) is 13.8 Å². The van der Waals surface area contributed by atoms with Crippen molar-refractivity contribution in [2.75, 3.05) is 47.0 Å². The van der Waals surface area contributed by atoms with Crippen LogP contribution in [0.1, 0.15) is 19.4 Å². The normalized spacial score (nSPS) is 18.3. The van der Waals surface area contributed by atoms with E-state index in [1.54, 1.807) is 26.4 Å². The number of ether oxygens (including phenoxy) is 3. The molecule has 1 saturated heterocycles. The Balaban J connectivity index is 1.84. The molecule has 1 aliphatic rings. The minimum absolute atomic E-state index is 0.0374. The molecule has 0 aliphatic carbocycles. The van der Waals surface area contributed by atoms with Crippen LogP contribution in [0.5, 0.6) is 11.5 Å². The van der Waals surface area contributed by atoms with Crippen LogP contribution in [0.15, 0.2) is 24.3 Å². The fourth-order valence-electron chi connectivity index (χ4n) is 2.98. The van der Waals surface area contributed by atoms with E-state index in [-0.39, 0.29) is 12.0 Å². The third-order valence-corrected chi connectivity index (χ3v) is 4.21. The van der Waals surface area contributed by atoms with Crippen LogP contribution in [-0.4, -0.2) is 63.9 Å². The Morgan fingerprint density at radius 1 is 1.38 bits per heavy atom. The van der Waals surface area contributed by atoms with Crippen molar-refractivity contribution in [3.05, 3.63) is 29.8 Å². The number of nitrogens with one attached hydrogen (secondary N) is 1. The Morgan fingerprint density at radius 2 is 2.19 bits per heavy atom. The summed E-state index contributed by atoms with van der Waals surface area (Å²) in [7, 11) is 3.20. The summed E-state index contributed by atoms with van der Waals surface area (Å²) >= 11 is 0. The van der Waals surface area contributed by atoms with Gasteiger partial charge in [-0.3, -0.25) is 9.69 Å². The molecule has 0 bridgehead atoms. The van der Waals surface area contributed by atoms with Crippen molar-refractivity contribution in [1.82, 2.24) is 10.2 Å². The van der Waals surface area contributed by atoms with Crippen LogP contribution in [0, 0.1) is 5.92 Å². The molecule has 6 nitrogen and oxygen atoms in total. The van der Waals surface area contributed by atoms with Crippen LogP contribution in [0.3, 0.4) is 0 Å². The van der Waals surface area contributed by atoms with Gasteiger partial charge in [-0.05, 0) is 24.1 Å². The van der Waals surface area contributed by atoms with Crippen molar-refractivity contribution in [2.24, 2.45) is 5.92 Å². The molecule has 0 spiro atoms. The highest BCUT2D eigenvalue weighted by molar-refractivity contribution is 5.92. The summed E-state index contributed by atoms with van der Waals surface area (Å²) in [6, 6.07) is 5.48. The lowest BCUT2D eigenvalue weighted by molar-refractivity contribution is -0.117. The number of amides is 1. The summed E-state index contributed by atoms with van der Waals surface area (Å²) in [6.07, 6.45) is 3.29. The zero-order valence-corrected chi connectivity index (χ0v) is 16.2. The van der Waals surface area contributed by atoms with E-state index in [4.69, 9.17) is 14.2 Å². The molecule has 6 heteroatoms. The van der Waals surface area contributed by atoms with E-state index in [0.717, 1.165) is 25.2 Å². The van der Waals surface area contributed by atoms with Gasteiger partial charge in [0.15, 0.2) is 0 Å². The Bertz CT molecular complexity index is 616. The average Bonchev–Trinajstić information content (AvgIpc) is 2.64. The lowest BCUT2D eigenvalue weighted by Gasteiger charge is -2.33. The number of hydrogen-bond acceptors (Lipinski definition) is 5. The van der Waals surface area contributed by atoms with Crippen molar-refractivity contribution in [3.63, 3.8) is 0 Å². The van der Waals surface area contributed by atoms with E-state index >= 15 is 0 Å². The monoisotopic (exact) mass is 362 g/mol. The van der Waals surface area contributed by atoms with Crippen LogP contribution in [0.4, 0.5) is 0 Å². The van der Waals surface area contributed by atoms with Crippen LogP contribution >= 0.6 is 0 Å². The van der Waals surface area contributed by atoms with Crippen LogP contribution in [-0.2, 0) is 9.53 Å². The highest BCUT2D eigenvalue weighted by Gasteiger charge is 2.21. The fraction of sp³-hybridized carbons (Fsp3) is 0.550. The molecule has 1 atom stereocenters. The Hall–Kier alpha value is -2.05. The van der Waals surface area contributed by atoms with Crippen LogP contribution in [0.25, 0.3) is 6.08 Å². The molecule has 1 amide bonds. The van der Waals surface area contributed by atoms with E-state index < -0.39 is 0 Å². The summed E-state index contributed by atoms with van der Waals surface area (Å²) in [5.41, 5.74) is 0.820. The third kappa shape index (κ3) is 6.35. The summed E-state index contributed by atoms with van der Waals surface area (Å²) in [6.45, 7) is 8.53. The minimum Gasteiger partial charge on any atom is -0.497 e. The van der Waals surface area contributed by atoms with Gasteiger partial charge < -0.3 is 19.5 Å². The molecule has 26 heavy (non-hydrogen) atoms. The summed E-state index contributed by atoms with van der Waals surface area (Å²) in [4.78, 5) is 14.5. The standard InChI is InChI=1S/C20H30N2O4/c1-15(2)13-22-9-10-26-18(14-22)12-21-20(23)8-6-16-5-7-17(24-3)11-19(16)25-4/h5-8,11,15,18H,9-10,12-14H2,1-4H3,(H,21,23)/b8-6+. The van der Waals surface area contributed by atoms with E-state index in [2.05, 4.69) is 24.1 Å². The Morgan fingerprint density at radius 3 is 2.88 bits per heavy atom. The molecule has 1 fully saturated rings. The predicted octanol–water partition coefficient (Wildman–Crippen LogP) is 2.19. The summed E-state index contributed by atoms with van der Waals surface area (Å²) < 4.78 is 16.3. The molecule has 1 aromatic rings. The highest BCUT2D eigenvalue weighted by atomic mass is 16.5. The minimum atomic E-state index is -0.146. The third-order valence-electron chi connectivity index (χ3n) is 4.21. The van der Waals surface area contributed by atoms with Crippen LogP contribution < -0.4 is 14.8 Å². The van der Waals surface area contributed by atoms with Gasteiger partial charge in [0, 0.05) is 43.9 Å². The molecule has 0 saturated carbocycles. The van der Waals surface area contributed by atoms with Crippen molar-refractivity contribution < 1.29 is 19.0 Å². The summed E-state index contributed by atoms with van der Waals surface area (Å²) in [5.74, 6) is 1.86. The number of carbonyl (C=O) groups is 1. The first-order valence-corrected chi connectivity index (χ1v) is 9.03. The molecule has 1 unspecified atom stereocenters. The number of hydrogen-bond donors (Lipinski definition) is 1. The van der Waals surface area contributed by atoms with Gasteiger partial charge in [0.05, 0.1) is 26.9 Å². The molecule has 0 aromatic heterocycles.